The molecule has 0 saturated carbocycles. The first-order chi connectivity index (χ1) is 9.57. The summed E-state index contributed by atoms with van der Waals surface area (Å²) in [7, 11) is -2.59. The number of benzene rings is 1. The zero-order valence-electron chi connectivity index (χ0n) is 14.0. The highest BCUT2D eigenvalue weighted by molar-refractivity contribution is 7.64. The van der Waals surface area contributed by atoms with Crippen LogP contribution in [0.25, 0.3) is 0 Å². The van der Waals surface area contributed by atoms with E-state index in [4.69, 9.17) is 0 Å². The molecule has 116 valence electrons. The van der Waals surface area contributed by atoms with Gasteiger partial charge in [0.05, 0.1) is 0 Å². The summed E-state index contributed by atoms with van der Waals surface area (Å²) in [5.74, 6) is 0. The summed E-state index contributed by atoms with van der Waals surface area (Å²) < 4.78 is 15.9. The normalized spacial score (nSPS) is 16.7. The van der Waals surface area contributed by atoms with Crippen LogP contribution in [-0.4, -0.2) is 21.7 Å². The summed E-state index contributed by atoms with van der Waals surface area (Å²) >= 11 is 0. The van der Waals surface area contributed by atoms with Crippen molar-refractivity contribution in [1.82, 2.24) is 4.67 Å². The third-order valence-corrected chi connectivity index (χ3v) is 8.60. The molecule has 0 bridgehead atoms. The predicted octanol–water partition coefficient (Wildman–Crippen LogP) is 5.11. The maximum Gasteiger partial charge on any atom is 0.183 e. The Morgan fingerprint density at radius 3 is 1.90 bits per heavy atom. The molecule has 1 heterocycles. The Bertz CT molecular complexity index is 549. The Hall–Kier alpha value is -1.21. The van der Waals surface area contributed by atoms with E-state index in [2.05, 4.69) is 63.2 Å². The van der Waals surface area contributed by atoms with Crippen LogP contribution in [0.1, 0.15) is 41.5 Å². The summed E-state index contributed by atoms with van der Waals surface area (Å²) in [5, 5.41) is -0.523. The van der Waals surface area contributed by atoms with Crippen LogP contribution in [0.15, 0.2) is 42.7 Å². The summed E-state index contributed by atoms with van der Waals surface area (Å²) in [6, 6.07) is 10.2. The molecular weight excluding hydrogens is 279 g/mol. The van der Waals surface area contributed by atoms with E-state index in [0.717, 1.165) is 5.69 Å². The predicted molar refractivity (Wildman–Crippen MR) is 91.9 cm³/mol. The molecule has 1 aromatic rings. The van der Waals surface area contributed by atoms with Crippen LogP contribution in [0.5, 0.6) is 0 Å². The largest absolute Gasteiger partial charge is 0.328 e. The van der Waals surface area contributed by atoms with Crippen molar-refractivity contribution >= 4 is 13.0 Å². The van der Waals surface area contributed by atoms with Gasteiger partial charge in [-0.05, 0) is 12.1 Å². The van der Waals surface area contributed by atoms with Gasteiger partial charge in [-0.2, -0.15) is 0 Å². The Morgan fingerprint density at radius 1 is 0.905 bits per heavy atom. The van der Waals surface area contributed by atoms with Gasteiger partial charge in [0.2, 0.25) is 0 Å². The van der Waals surface area contributed by atoms with E-state index in [1.54, 1.807) is 0 Å². The molecule has 0 saturated heterocycles. The highest BCUT2D eigenvalue weighted by Gasteiger charge is 2.50. The minimum Gasteiger partial charge on any atom is -0.328 e. The molecule has 0 aromatic heterocycles. The molecule has 0 unspecified atom stereocenters. The van der Waals surface area contributed by atoms with E-state index >= 15 is 0 Å². The molecule has 0 spiro atoms. The first-order valence-corrected chi connectivity index (χ1v) is 9.11. The zero-order valence-corrected chi connectivity index (χ0v) is 14.9. The number of rotatable bonds is 2. The molecule has 0 radical (unpaired) electrons. The van der Waals surface area contributed by atoms with Gasteiger partial charge in [0.1, 0.15) is 6.67 Å². The molecule has 3 nitrogen and oxygen atoms in total. The summed E-state index contributed by atoms with van der Waals surface area (Å²) in [4.78, 5) is 2.14. The van der Waals surface area contributed by atoms with Crippen LogP contribution in [0.4, 0.5) is 5.69 Å². The number of para-hydroxylation sites is 1. The van der Waals surface area contributed by atoms with Crippen molar-refractivity contribution in [1.29, 1.82) is 0 Å². The van der Waals surface area contributed by atoms with Crippen molar-refractivity contribution in [2.45, 2.75) is 51.9 Å². The smallest absolute Gasteiger partial charge is 0.183 e. The van der Waals surface area contributed by atoms with E-state index in [1.807, 2.05) is 30.6 Å². The lowest BCUT2D eigenvalue weighted by molar-refractivity contribution is 0.449. The van der Waals surface area contributed by atoms with Gasteiger partial charge in [0.15, 0.2) is 7.29 Å². The fraction of sp³-hybridized carbons (Fsp3) is 0.529. The van der Waals surface area contributed by atoms with E-state index < -0.39 is 7.29 Å². The zero-order chi connectivity index (χ0) is 15.9. The Balaban J connectivity index is 2.31. The molecule has 0 fully saturated rings. The van der Waals surface area contributed by atoms with Crippen LogP contribution < -0.4 is 4.90 Å². The summed E-state index contributed by atoms with van der Waals surface area (Å²) in [5.41, 5.74) is 1.13. The van der Waals surface area contributed by atoms with E-state index in [0.29, 0.717) is 6.67 Å². The van der Waals surface area contributed by atoms with Crippen molar-refractivity contribution < 1.29 is 4.57 Å². The molecule has 0 amide bonds. The van der Waals surface area contributed by atoms with Gasteiger partial charge in [-0.1, -0.05) is 59.7 Å². The Kier molecular flexibility index (Phi) is 4.01. The molecule has 4 heteroatoms. The third-order valence-electron chi connectivity index (χ3n) is 3.98. The first kappa shape index (κ1) is 16.2. The fourth-order valence-corrected chi connectivity index (χ4v) is 7.27. The van der Waals surface area contributed by atoms with E-state index in [-0.39, 0.29) is 10.3 Å². The second-order valence-electron chi connectivity index (χ2n) is 7.60. The monoisotopic (exact) mass is 306 g/mol. The van der Waals surface area contributed by atoms with Crippen LogP contribution in [-0.2, 0) is 4.57 Å². The topological polar surface area (TPSA) is 23.6 Å². The second kappa shape index (κ2) is 5.21. The van der Waals surface area contributed by atoms with Crippen molar-refractivity contribution in [3.63, 3.8) is 0 Å². The molecule has 0 aliphatic carbocycles. The lowest BCUT2D eigenvalue weighted by atomic mass is 10.2. The van der Waals surface area contributed by atoms with E-state index in [9.17, 15) is 4.57 Å². The maximum atomic E-state index is 13.9. The molecule has 2 rings (SSSR count). The number of nitrogens with zero attached hydrogens (tertiary/aromatic N) is 2. The molecular formula is C17H27N2OP. The SMILES string of the molecule is CC(C)(C)P(=O)(N1C=CN(c2ccccc2)C1)C(C)(C)C. The van der Waals surface area contributed by atoms with Crippen molar-refractivity contribution in [2.24, 2.45) is 0 Å². The number of anilines is 1. The Morgan fingerprint density at radius 2 is 1.43 bits per heavy atom. The third kappa shape index (κ3) is 2.76. The molecule has 21 heavy (non-hydrogen) atoms. The van der Waals surface area contributed by atoms with Gasteiger partial charge in [0, 0.05) is 28.4 Å². The minimum atomic E-state index is -2.59. The molecule has 0 N–H and O–H groups in total. The van der Waals surface area contributed by atoms with Gasteiger partial charge < -0.3 is 9.57 Å². The highest BCUT2D eigenvalue weighted by atomic mass is 31.2. The molecule has 1 aliphatic rings. The second-order valence-corrected chi connectivity index (χ2v) is 12.0. The van der Waals surface area contributed by atoms with Gasteiger partial charge >= 0.3 is 0 Å². The van der Waals surface area contributed by atoms with Crippen LogP contribution in [0.3, 0.4) is 0 Å². The van der Waals surface area contributed by atoms with Gasteiger partial charge in [-0.15, -0.1) is 0 Å². The van der Waals surface area contributed by atoms with Crippen LogP contribution in [0.2, 0.25) is 0 Å². The maximum absolute atomic E-state index is 13.9. The lowest BCUT2D eigenvalue weighted by Crippen LogP contribution is -2.38. The van der Waals surface area contributed by atoms with Crippen molar-refractivity contribution in [3.05, 3.63) is 42.7 Å². The molecule has 1 aliphatic heterocycles. The number of hydrogen-bond donors (Lipinski definition) is 0. The highest BCUT2D eigenvalue weighted by Crippen LogP contribution is 2.69. The van der Waals surface area contributed by atoms with Gasteiger partial charge in [-0.25, -0.2) is 0 Å². The number of hydrogen-bond acceptors (Lipinski definition) is 2. The van der Waals surface area contributed by atoms with Gasteiger partial charge in [0.25, 0.3) is 0 Å². The van der Waals surface area contributed by atoms with Crippen LogP contribution in [0, 0.1) is 0 Å². The summed E-state index contributed by atoms with van der Waals surface area (Å²) in [6.45, 7) is 13.1. The van der Waals surface area contributed by atoms with Crippen molar-refractivity contribution in [2.75, 3.05) is 11.6 Å². The van der Waals surface area contributed by atoms with Gasteiger partial charge in [-0.3, -0.25) is 4.57 Å². The van der Waals surface area contributed by atoms with Crippen molar-refractivity contribution in [3.8, 4) is 0 Å². The van der Waals surface area contributed by atoms with Crippen LogP contribution >= 0.6 is 7.29 Å². The van der Waals surface area contributed by atoms with E-state index in [1.165, 1.54) is 0 Å². The standard InChI is InChI=1S/C17H27N2OP/c1-16(2,3)21(20,17(4,5)6)19-13-12-18(14-19)15-10-8-7-9-11-15/h7-13H,14H2,1-6H3. The average molecular weight is 306 g/mol. The molecule has 0 atom stereocenters. The molecule has 1 aromatic carbocycles. The average Bonchev–Trinajstić information content (AvgIpc) is 2.86. The lowest BCUT2D eigenvalue weighted by Gasteiger charge is -2.46. The summed E-state index contributed by atoms with van der Waals surface area (Å²) in [6.07, 6.45) is 4.02. The minimum absolute atomic E-state index is 0.262. The quantitative estimate of drug-likeness (QED) is 0.709. The Labute approximate surface area is 129 Å². The first-order valence-electron chi connectivity index (χ1n) is 7.45. The fourth-order valence-electron chi connectivity index (χ4n) is 3.15.